The number of aromatic nitrogens is 3. The van der Waals surface area contributed by atoms with Crippen LogP contribution in [0.25, 0.3) is 79.1 Å². The lowest BCUT2D eigenvalue weighted by Crippen LogP contribution is -2.30. The van der Waals surface area contributed by atoms with E-state index in [0.717, 1.165) is 39.2 Å². The van der Waals surface area contributed by atoms with E-state index in [2.05, 4.69) is 181 Å². The van der Waals surface area contributed by atoms with Crippen LogP contribution in [0.5, 0.6) is 0 Å². The van der Waals surface area contributed by atoms with Gasteiger partial charge < -0.3 is 0 Å². The van der Waals surface area contributed by atoms with E-state index in [9.17, 15) is 0 Å². The fraction of sp³-hybridized carbons (Fsp3) is 0.0192. The summed E-state index contributed by atoms with van der Waals surface area (Å²) in [4.78, 5) is 14.9. The molecular formula is C52H33N3. The molecule has 11 rings (SSSR count). The van der Waals surface area contributed by atoms with Crippen LogP contribution in [0.3, 0.4) is 0 Å². The maximum Gasteiger partial charge on any atom is 0.160 e. The van der Waals surface area contributed by atoms with Crippen molar-refractivity contribution < 1.29 is 0 Å². The molecule has 0 bridgehead atoms. The Morgan fingerprint density at radius 1 is 0.400 bits per heavy atom. The number of rotatable bonds is 4. The highest BCUT2D eigenvalue weighted by Gasteiger charge is 2.49. The molecule has 55 heavy (non-hydrogen) atoms. The normalized spacial score (nSPS) is 14.9. The van der Waals surface area contributed by atoms with Crippen LogP contribution in [0, 0.1) is 0 Å². The molecule has 0 saturated carbocycles. The molecule has 9 aromatic rings. The first-order valence-electron chi connectivity index (χ1n) is 18.8. The van der Waals surface area contributed by atoms with E-state index in [1.165, 1.54) is 55.3 Å². The van der Waals surface area contributed by atoms with Gasteiger partial charge in [-0.3, -0.25) is 4.98 Å². The van der Waals surface area contributed by atoms with E-state index >= 15 is 0 Å². The minimum atomic E-state index is -0.566. The highest BCUT2D eigenvalue weighted by Crippen LogP contribution is 2.60. The summed E-state index contributed by atoms with van der Waals surface area (Å²) in [6.07, 6.45) is 8.26. The molecule has 1 unspecified atom stereocenters. The molecule has 0 aliphatic heterocycles. The van der Waals surface area contributed by atoms with Gasteiger partial charge in [0.15, 0.2) is 5.82 Å². The van der Waals surface area contributed by atoms with E-state index < -0.39 is 5.41 Å². The molecule has 0 radical (unpaired) electrons. The maximum absolute atomic E-state index is 5.32. The van der Waals surface area contributed by atoms with E-state index in [4.69, 9.17) is 9.97 Å². The van der Waals surface area contributed by atoms with Crippen molar-refractivity contribution in [2.24, 2.45) is 0 Å². The molecular weight excluding hydrogens is 667 g/mol. The van der Waals surface area contributed by atoms with Gasteiger partial charge in [0.2, 0.25) is 0 Å². The molecule has 0 N–H and O–H groups in total. The second kappa shape index (κ2) is 12.4. The van der Waals surface area contributed by atoms with E-state index in [-0.39, 0.29) is 0 Å². The zero-order valence-corrected chi connectivity index (χ0v) is 29.9. The maximum atomic E-state index is 5.32. The first kappa shape index (κ1) is 31.3. The first-order chi connectivity index (χ1) is 27.3. The second-order valence-electron chi connectivity index (χ2n) is 14.4. The van der Waals surface area contributed by atoms with Crippen molar-refractivity contribution in [3.05, 3.63) is 222 Å². The summed E-state index contributed by atoms with van der Waals surface area (Å²) in [5.41, 5.74) is 16.5. The molecule has 1 spiro atoms. The minimum Gasteiger partial charge on any atom is -0.264 e. The van der Waals surface area contributed by atoms with E-state index in [0.29, 0.717) is 5.82 Å². The molecule has 2 aromatic heterocycles. The largest absolute Gasteiger partial charge is 0.264 e. The summed E-state index contributed by atoms with van der Waals surface area (Å²) in [5.74, 6) is 0.692. The number of hydrogen-bond acceptors (Lipinski definition) is 3. The summed E-state index contributed by atoms with van der Waals surface area (Å²) in [6.45, 7) is 0. The standard InChI is InChI=1S/C52H33N3/c1-2-13-38(14-3-1)48-32-49(39-25-20-34(21-26-39)41-15-10-30-53-33-41)55-51(54-48)40-27-24-37-23-22-36-12-5-8-18-44(36)52(47(37)31-40)45-19-9-7-17-43(45)50-42-16-6-4-11-35(42)28-29-46(50)52/h1-33H. The predicted molar refractivity (Wildman–Crippen MR) is 225 cm³/mol. The lowest BCUT2D eigenvalue weighted by atomic mass is 9.65. The third kappa shape index (κ3) is 4.87. The minimum absolute atomic E-state index is 0.566. The Morgan fingerprint density at radius 2 is 1.05 bits per heavy atom. The van der Waals surface area contributed by atoms with Crippen LogP contribution in [0.1, 0.15) is 33.4 Å². The second-order valence-corrected chi connectivity index (χ2v) is 14.4. The number of pyridine rings is 1. The number of hydrogen-bond donors (Lipinski definition) is 0. The molecule has 2 aliphatic carbocycles. The molecule has 0 fully saturated rings. The van der Waals surface area contributed by atoms with Gasteiger partial charge in [0.25, 0.3) is 0 Å². The Balaban J connectivity index is 1.16. The van der Waals surface area contributed by atoms with E-state index in [1.54, 1.807) is 6.20 Å². The third-order valence-electron chi connectivity index (χ3n) is 11.4. The summed E-state index contributed by atoms with van der Waals surface area (Å²) in [6, 6.07) is 63.3. The zero-order valence-electron chi connectivity index (χ0n) is 29.9. The fourth-order valence-corrected chi connectivity index (χ4v) is 8.95. The van der Waals surface area contributed by atoms with Gasteiger partial charge in [-0.2, -0.15) is 0 Å². The van der Waals surface area contributed by atoms with Crippen molar-refractivity contribution in [3.8, 4) is 56.2 Å². The van der Waals surface area contributed by atoms with Crippen LogP contribution in [0.15, 0.2) is 188 Å². The number of nitrogens with zero attached hydrogens (tertiary/aromatic N) is 3. The first-order valence-corrected chi connectivity index (χ1v) is 18.8. The summed E-state index contributed by atoms with van der Waals surface area (Å²) < 4.78 is 0. The highest BCUT2D eigenvalue weighted by molar-refractivity contribution is 6.05. The van der Waals surface area contributed by atoms with Gasteiger partial charge in [-0.05, 0) is 84.6 Å². The molecule has 0 saturated heterocycles. The van der Waals surface area contributed by atoms with Crippen LogP contribution < -0.4 is 0 Å². The smallest absolute Gasteiger partial charge is 0.160 e. The van der Waals surface area contributed by atoms with Gasteiger partial charge in [-0.25, -0.2) is 9.97 Å². The summed E-state index contributed by atoms with van der Waals surface area (Å²) in [5, 5.41) is 2.52. The van der Waals surface area contributed by atoms with Crippen LogP contribution in [-0.2, 0) is 5.41 Å². The third-order valence-corrected chi connectivity index (χ3v) is 11.4. The average molecular weight is 700 g/mol. The van der Waals surface area contributed by atoms with Crippen molar-refractivity contribution in [2.75, 3.05) is 0 Å². The molecule has 3 heteroatoms. The Morgan fingerprint density at radius 3 is 1.87 bits per heavy atom. The Bertz CT molecular complexity index is 2970. The van der Waals surface area contributed by atoms with E-state index in [1.807, 2.05) is 18.3 Å². The molecule has 7 aromatic carbocycles. The monoisotopic (exact) mass is 699 g/mol. The zero-order chi connectivity index (χ0) is 36.3. The topological polar surface area (TPSA) is 38.7 Å². The lowest BCUT2D eigenvalue weighted by molar-refractivity contribution is 0.767. The lowest BCUT2D eigenvalue weighted by Gasteiger charge is -2.35. The van der Waals surface area contributed by atoms with Crippen molar-refractivity contribution in [2.45, 2.75) is 5.41 Å². The van der Waals surface area contributed by atoms with Crippen molar-refractivity contribution in [3.63, 3.8) is 0 Å². The summed E-state index contributed by atoms with van der Waals surface area (Å²) >= 11 is 0. The van der Waals surface area contributed by atoms with Crippen molar-refractivity contribution >= 4 is 22.9 Å². The predicted octanol–water partition coefficient (Wildman–Crippen LogP) is 12.5. The van der Waals surface area contributed by atoms with Crippen LogP contribution in [0.2, 0.25) is 0 Å². The highest BCUT2D eigenvalue weighted by atomic mass is 14.9. The molecule has 256 valence electrons. The average Bonchev–Trinajstić information content (AvgIpc) is 3.48. The van der Waals surface area contributed by atoms with Gasteiger partial charge in [0, 0.05) is 29.1 Å². The van der Waals surface area contributed by atoms with Crippen molar-refractivity contribution in [1.82, 2.24) is 15.0 Å². The fourth-order valence-electron chi connectivity index (χ4n) is 8.95. The van der Waals surface area contributed by atoms with Gasteiger partial charge in [0.05, 0.1) is 16.8 Å². The number of benzene rings is 7. The SMILES string of the molecule is C1=Cc2ccc(-c3nc(-c4ccccc4)cc(-c4ccc(-c5cccnc5)cc4)n3)cc2C2(c3ccccc31)c1ccccc1-c1c2ccc2ccccc12. The Kier molecular flexibility index (Phi) is 7.08. The van der Waals surface area contributed by atoms with Crippen LogP contribution in [-0.4, -0.2) is 15.0 Å². The number of fused-ring (bicyclic) bond motifs is 11. The van der Waals surface area contributed by atoms with Gasteiger partial charge >= 0.3 is 0 Å². The van der Waals surface area contributed by atoms with Gasteiger partial charge in [-0.1, -0.05) is 170 Å². The van der Waals surface area contributed by atoms with Gasteiger partial charge in [-0.15, -0.1) is 0 Å². The summed E-state index contributed by atoms with van der Waals surface area (Å²) in [7, 11) is 0. The molecule has 3 nitrogen and oxygen atoms in total. The Labute approximate surface area is 320 Å². The quantitative estimate of drug-likeness (QED) is 0.184. The molecule has 2 aliphatic rings. The molecule has 2 heterocycles. The molecule has 0 amide bonds. The van der Waals surface area contributed by atoms with Gasteiger partial charge in [0.1, 0.15) is 0 Å². The Hall–Kier alpha value is -7.23. The van der Waals surface area contributed by atoms with Crippen LogP contribution in [0.4, 0.5) is 0 Å². The van der Waals surface area contributed by atoms with Crippen LogP contribution >= 0.6 is 0 Å². The van der Waals surface area contributed by atoms with Crippen molar-refractivity contribution in [1.29, 1.82) is 0 Å². The molecule has 1 atom stereocenters.